The summed E-state index contributed by atoms with van der Waals surface area (Å²) in [5, 5.41) is 0. The fourth-order valence-electron chi connectivity index (χ4n) is 1.25. The molecule has 0 aliphatic heterocycles. The van der Waals surface area contributed by atoms with Gasteiger partial charge in [0.1, 0.15) is 4.21 Å². The predicted molar refractivity (Wildman–Crippen MR) is 60.0 cm³/mol. The van der Waals surface area contributed by atoms with Crippen molar-refractivity contribution in [1.82, 2.24) is 4.72 Å². The lowest BCUT2D eigenvalue weighted by Crippen LogP contribution is -2.39. The number of sulfonamides is 1. The Hall–Kier alpha value is 0.0900. The third-order valence-electron chi connectivity index (χ3n) is 2.24. The molecule has 1 aliphatic rings. The van der Waals surface area contributed by atoms with Gasteiger partial charge in [-0.2, -0.15) is 0 Å². The molecule has 1 aromatic rings. The molecule has 0 spiro atoms. The molecule has 78 valence electrons. The van der Waals surface area contributed by atoms with Crippen molar-refractivity contribution in [1.29, 1.82) is 0 Å². The fraction of sp³-hybridized carbons (Fsp3) is 0.500. The maximum absolute atomic E-state index is 11.7. The van der Waals surface area contributed by atoms with Crippen LogP contribution in [0.2, 0.25) is 0 Å². The van der Waals surface area contributed by atoms with Crippen LogP contribution in [0.15, 0.2) is 20.1 Å². The van der Waals surface area contributed by atoms with Crippen molar-refractivity contribution in [2.75, 3.05) is 0 Å². The van der Waals surface area contributed by atoms with Gasteiger partial charge in [0.25, 0.3) is 0 Å². The van der Waals surface area contributed by atoms with E-state index in [1.165, 1.54) is 11.3 Å². The molecule has 0 aromatic carbocycles. The van der Waals surface area contributed by atoms with Crippen LogP contribution in [0.25, 0.3) is 0 Å². The van der Waals surface area contributed by atoms with Crippen molar-refractivity contribution in [2.45, 2.75) is 29.5 Å². The Kier molecular flexibility index (Phi) is 2.97. The molecule has 1 saturated carbocycles. The molecule has 0 unspecified atom stereocenters. The van der Waals surface area contributed by atoms with Gasteiger partial charge >= 0.3 is 0 Å². The smallest absolute Gasteiger partial charge is 0.207 e. The van der Waals surface area contributed by atoms with E-state index in [1.807, 2.05) is 0 Å². The van der Waals surface area contributed by atoms with Gasteiger partial charge in [-0.3, -0.25) is 0 Å². The minimum atomic E-state index is -3.26. The summed E-state index contributed by atoms with van der Waals surface area (Å²) in [6, 6.07) is 3.52. The van der Waals surface area contributed by atoms with Crippen molar-refractivity contribution in [3.8, 4) is 0 Å². The van der Waals surface area contributed by atoms with Gasteiger partial charge in [0, 0.05) is 6.04 Å². The van der Waals surface area contributed by atoms with E-state index in [0.717, 1.165) is 23.0 Å². The van der Waals surface area contributed by atoms with E-state index in [0.29, 0.717) is 4.21 Å². The Morgan fingerprint density at radius 1 is 1.43 bits per heavy atom. The summed E-state index contributed by atoms with van der Waals surface area (Å²) < 4.78 is 27.4. The Morgan fingerprint density at radius 3 is 2.57 bits per heavy atom. The highest BCUT2D eigenvalue weighted by Crippen LogP contribution is 2.27. The summed E-state index contributed by atoms with van der Waals surface area (Å²) in [5.74, 6) is 0. The minimum Gasteiger partial charge on any atom is -0.207 e. The van der Waals surface area contributed by atoms with E-state index in [4.69, 9.17) is 0 Å². The third kappa shape index (κ3) is 2.18. The second kappa shape index (κ2) is 3.92. The molecule has 0 amide bonds. The van der Waals surface area contributed by atoms with Crippen molar-refractivity contribution >= 4 is 37.3 Å². The first-order chi connectivity index (χ1) is 6.58. The number of thiophene rings is 1. The molecule has 0 radical (unpaired) electrons. The van der Waals surface area contributed by atoms with E-state index in [1.54, 1.807) is 12.1 Å². The first-order valence-electron chi connectivity index (χ1n) is 4.35. The second-order valence-electron chi connectivity index (χ2n) is 3.31. The van der Waals surface area contributed by atoms with Gasteiger partial charge in [-0.25, -0.2) is 13.1 Å². The van der Waals surface area contributed by atoms with Crippen LogP contribution >= 0.6 is 27.3 Å². The zero-order valence-corrected chi connectivity index (χ0v) is 10.6. The lowest BCUT2D eigenvalue weighted by Gasteiger charge is -2.25. The van der Waals surface area contributed by atoms with Gasteiger partial charge in [0.2, 0.25) is 10.0 Å². The lowest BCUT2D eigenvalue weighted by molar-refractivity contribution is 0.384. The summed E-state index contributed by atoms with van der Waals surface area (Å²) in [7, 11) is -3.26. The topological polar surface area (TPSA) is 46.2 Å². The standard InChI is InChI=1S/C8H10BrNO2S2/c9-7-4-5-8(13-7)14(11,12)10-6-2-1-3-6/h4-6,10H,1-3H2. The van der Waals surface area contributed by atoms with E-state index < -0.39 is 10.0 Å². The normalized spacial score (nSPS) is 18.1. The Bertz CT molecular complexity index is 422. The number of hydrogen-bond acceptors (Lipinski definition) is 3. The monoisotopic (exact) mass is 295 g/mol. The number of nitrogens with one attached hydrogen (secondary N) is 1. The zero-order chi connectivity index (χ0) is 10.2. The van der Waals surface area contributed by atoms with Crippen LogP contribution in [0.5, 0.6) is 0 Å². The SMILES string of the molecule is O=S(=O)(NC1CCC1)c1ccc(Br)s1. The van der Waals surface area contributed by atoms with E-state index in [9.17, 15) is 8.42 Å². The van der Waals surface area contributed by atoms with Gasteiger partial charge in [0.05, 0.1) is 3.79 Å². The Morgan fingerprint density at radius 2 is 2.14 bits per heavy atom. The third-order valence-corrected chi connectivity index (χ3v) is 5.88. The molecule has 1 N–H and O–H groups in total. The van der Waals surface area contributed by atoms with Gasteiger partial charge in [-0.15, -0.1) is 11.3 Å². The fourth-order valence-corrected chi connectivity index (χ4v) is 4.58. The molecule has 0 saturated heterocycles. The van der Waals surface area contributed by atoms with Gasteiger partial charge < -0.3 is 0 Å². The largest absolute Gasteiger partial charge is 0.250 e. The summed E-state index contributed by atoms with van der Waals surface area (Å²) >= 11 is 4.49. The number of rotatable bonds is 3. The van der Waals surface area contributed by atoms with Crippen LogP contribution in [-0.4, -0.2) is 14.5 Å². The van der Waals surface area contributed by atoms with Crippen molar-refractivity contribution < 1.29 is 8.42 Å². The summed E-state index contributed by atoms with van der Waals surface area (Å²) in [4.78, 5) is 0. The molecular formula is C8H10BrNO2S2. The van der Waals surface area contributed by atoms with Crippen LogP contribution in [0.3, 0.4) is 0 Å². The molecule has 3 nitrogen and oxygen atoms in total. The lowest BCUT2D eigenvalue weighted by atomic mass is 9.94. The first-order valence-corrected chi connectivity index (χ1v) is 7.45. The number of halogens is 1. The van der Waals surface area contributed by atoms with Gasteiger partial charge in [-0.1, -0.05) is 6.42 Å². The van der Waals surface area contributed by atoms with Crippen molar-refractivity contribution in [3.05, 3.63) is 15.9 Å². The quantitative estimate of drug-likeness (QED) is 0.930. The molecule has 14 heavy (non-hydrogen) atoms. The van der Waals surface area contributed by atoms with Crippen LogP contribution in [0.4, 0.5) is 0 Å². The minimum absolute atomic E-state index is 0.154. The van der Waals surface area contributed by atoms with Gasteiger partial charge in [-0.05, 0) is 40.9 Å². The highest BCUT2D eigenvalue weighted by Gasteiger charge is 2.25. The highest BCUT2D eigenvalue weighted by atomic mass is 79.9. The molecule has 2 rings (SSSR count). The van der Waals surface area contributed by atoms with Crippen LogP contribution in [0, 0.1) is 0 Å². The zero-order valence-electron chi connectivity index (χ0n) is 7.36. The molecule has 0 atom stereocenters. The highest BCUT2D eigenvalue weighted by molar-refractivity contribution is 9.11. The Balaban J connectivity index is 2.15. The average Bonchev–Trinajstić information content (AvgIpc) is 2.45. The van der Waals surface area contributed by atoms with E-state index in [2.05, 4.69) is 20.7 Å². The maximum Gasteiger partial charge on any atom is 0.250 e. The molecule has 1 fully saturated rings. The molecule has 1 aromatic heterocycles. The summed E-state index contributed by atoms with van der Waals surface area (Å²) in [6.45, 7) is 0. The second-order valence-corrected chi connectivity index (χ2v) is 7.71. The van der Waals surface area contributed by atoms with Crippen molar-refractivity contribution in [3.63, 3.8) is 0 Å². The summed E-state index contributed by atoms with van der Waals surface area (Å²) in [6.07, 6.45) is 3.05. The molecule has 6 heteroatoms. The first kappa shape index (κ1) is 10.6. The molecular weight excluding hydrogens is 286 g/mol. The maximum atomic E-state index is 11.7. The van der Waals surface area contributed by atoms with Gasteiger partial charge in [0.15, 0.2) is 0 Å². The van der Waals surface area contributed by atoms with E-state index >= 15 is 0 Å². The van der Waals surface area contributed by atoms with Crippen LogP contribution in [-0.2, 0) is 10.0 Å². The van der Waals surface area contributed by atoms with Crippen molar-refractivity contribution in [2.24, 2.45) is 0 Å². The predicted octanol–water partition coefficient (Wildman–Crippen LogP) is 2.34. The Labute approximate surface area is 95.7 Å². The average molecular weight is 296 g/mol. The molecule has 1 heterocycles. The summed E-state index contributed by atoms with van der Waals surface area (Å²) in [5.41, 5.74) is 0. The van der Waals surface area contributed by atoms with Crippen LogP contribution in [0.1, 0.15) is 19.3 Å². The molecule has 1 aliphatic carbocycles. The van der Waals surface area contributed by atoms with Crippen LogP contribution < -0.4 is 4.72 Å². The van der Waals surface area contributed by atoms with E-state index in [-0.39, 0.29) is 6.04 Å². The molecule has 0 bridgehead atoms. The number of hydrogen-bond donors (Lipinski definition) is 1.